The van der Waals surface area contributed by atoms with Crippen LogP contribution in [0, 0.1) is 11.6 Å². The molecule has 0 radical (unpaired) electrons. The van der Waals surface area contributed by atoms with Gasteiger partial charge in [0.05, 0.1) is 6.61 Å². The van der Waals surface area contributed by atoms with E-state index in [9.17, 15) is 18.4 Å². The van der Waals surface area contributed by atoms with Gasteiger partial charge in [0.15, 0.2) is 0 Å². The minimum atomic E-state index is -0.970. The van der Waals surface area contributed by atoms with Gasteiger partial charge in [-0.2, -0.15) is 0 Å². The van der Waals surface area contributed by atoms with E-state index in [0.717, 1.165) is 31.4 Å². The number of halogens is 2. The van der Waals surface area contributed by atoms with E-state index < -0.39 is 35.6 Å². The van der Waals surface area contributed by atoms with Gasteiger partial charge in [-0.3, -0.25) is 9.59 Å². The Morgan fingerprint density at radius 3 is 1.89 bits per heavy atom. The van der Waals surface area contributed by atoms with Crippen molar-refractivity contribution in [1.29, 1.82) is 0 Å². The lowest BCUT2D eigenvalue weighted by atomic mass is 10.1. The van der Waals surface area contributed by atoms with Crippen molar-refractivity contribution in [3.63, 3.8) is 0 Å². The molecule has 0 aliphatic heterocycles. The highest BCUT2D eigenvalue weighted by atomic mass is 19.1. The van der Waals surface area contributed by atoms with Gasteiger partial charge in [0.1, 0.15) is 23.7 Å². The molecule has 0 unspecified atom stereocenters. The second-order valence-electron chi connectivity index (χ2n) is 7.04. The van der Waals surface area contributed by atoms with Gasteiger partial charge in [-0.25, -0.2) is 8.78 Å². The van der Waals surface area contributed by atoms with Gasteiger partial charge < -0.3 is 10.1 Å². The zero-order valence-electron chi connectivity index (χ0n) is 16.9. The molecule has 1 amide bonds. The second kappa shape index (κ2) is 15.0. The number of hydrogen-bond acceptors (Lipinski definition) is 3. The van der Waals surface area contributed by atoms with Gasteiger partial charge in [0, 0.05) is 0 Å². The molecule has 0 aliphatic carbocycles. The molecule has 0 heterocycles. The van der Waals surface area contributed by atoms with E-state index in [1.807, 2.05) is 0 Å². The third-order valence-electron chi connectivity index (χ3n) is 4.59. The molecule has 0 bridgehead atoms. The van der Waals surface area contributed by atoms with E-state index in [2.05, 4.69) is 12.2 Å². The highest BCUT2D eigenvalue weighted by molar-refractivity contribution is 5.96. The minimum absolute atomic E-state index is 0.291. The van der Waals surface area contributed by atoms with Gasteiger partial charge in [-0.1, -0.05) is 77.2 Å². The largest absolute Gasteiger partial charge is 0.464 e. The molecule has 0 atom stereocenters. The molecule has 6 heteroatoms. The fraction of sp³-hybridized carbons (Fsp3) is 0.636. The average molecular weight is 398 g/mol. The summed E-state index contributed by atoms with van der Waals surface area (Å²) in [6.45, 7) is 2.10. The summed E-state index contributed by atoms with van der Waals surface area (Å²) in [5.74, 6) is -3.52. The molecule has 0 spiro atoms. The summed E-state index contributed by atoms with van der Waals surface area (Å²) in [5.41, 5.74) is -0.694. The van der Waals surface area contributed by atoms with Gasteiger partial charge in [0.25, 0.3) is 5.91 Å². The van der Waals surface area contributed by atoms with Crippen LogP contribution in [-0.2, 0) is 9.53 Å². The van der Waals surface area contributed by atoms with Crippen LogP contribution in [0.2, 0.25) is 0 Å². The van der Waals surface area contributed by atoms with E-state index in [-0.39, 0.29) is 0 Å². The number of unbranched alkanes of at least 4 members (excludes halogenated alkanes) is 10. The Morgan fingerprint density at radius 1 is 0.857 bits per heavy atom. The standard InChI is InChI=1S/C22H33F2NO3/c1-2-3-4-5-6-7-8-9-10-11-12-16-28-20(26)17-25-22(27)21-18(23)14-13-15-19(21)24/h13-15H,2-12,16-17H2,1H3,(H,25,27). The van der Waals surface area contributed by atoms with Crippen molar-refractivity contribution in [2.45, 2.75) is 77.6 Å². The molecule has 1 rings (SSSR count). The van der Waals surface area contributed by atoms with Gasteiger partial charge in [-0.15, -0.1) is 0 Å². The van der Waals surface area contributed by atoms with Crippen LogP contribution < -0.4 is 5.32 Å². The number of nitrogens with one attached hydrogen (secondary N) is 1. The monoisotopic (exact) mass is 397 g/mol. The molecular formula is C22H33F2NO3. The molecule has 1 aromatic carbocycles. The number of amides is 1. The Labute approximate surface area is 167 Å². The van der Waals surface area contributed by atoms with Crippen LogP contribution in [0.4, 0.5) is 8.78 Å². The lowest BCUT2D eigenvalue weighted by molar-refractivity contribution is -0.142. The van der Waals surface area contributed by atoms with E-state index in [4.69, 9.17) is 4.74 Å². The van der Waals surface area contributed by atoms with Crippen LogP contribution in [0.5, 0.6) is 0 Å². The van der Waals surface area contributed by atoms with Gasteiger partial charge in [-0.05, 0) is 18.6 Å². The Morgan fingerprint density at radius 2 is 1.36 bits per heavy atom. The third kappa shape index (κ3) is 10.4. The van der Waals surface area contributed by atoms with Crippen LogP contribution in [-0.4, -0.2) is 25.0 Å². The number of ether oxygens (including phenoxy) is 1. The first-order valence-corrected chi connectivity index (χ1v) is 10.4. The summed E-state index contributed by atoms with van der Waals surface area (Å²) < 4.78 is 32.0. The number of rotatable bonds is 15. The Bertz CT molecular complexity index is 573. The van der Waals surface area contributed by atoms with Crippen LogP contribution in [0.3, 0.4) is 0 Å². The number of carbonyl (C=O) groups is 2. The Hall–Kier alpha value is -1.98. The summed E-state index contributed by atoms with van der Waals surface area (Å²) in [6.07, 6.45) is 13.3. The lowest BCUT2D eigenvalue weighted by Gasteiger charge is -2.08. The summed E-state index contributed by atoms with van der Waals surface area (Å²) >= 11 is 0. The molecule has 158 valence electrons. The van der Waals surface area contributed by atoms with Crippen molar-refractivity contribution < 1.29 is 23.1 Å². The first-order chi connectivity index (χ1) is 13.6. The zero-order valence-corrected chi connectivity index (χ0v) is 16.9. The predicted molar refractivity (Wildman–Crippen MR) is 106 cm³/mol. The maximum absolute atomic E-state index is 13.5. The molecule has 0 aromatic heterocycles. The summed E-state index contributed by atoms with van der Waals surface area (Å²) in [5, 5.41) is 2.18. The molecule has 4 nitrogen and oxygen atoms in total. The van der Waals surface area contributed by atoms with E-state index >= 15 is 0 Å². The van der Waals surface area contributed by atoms with E-state index in [1.54, 1.807) is 0 Å². The number of hydrogen-bond donors (Lipinski definition) is 1. The van der Waals surface area contributed by atoms with Crippen molar-refractivity contribution >= 4 is 11.9 Å². The van der Waals surface area contributed by atoms with Crippen molar-refractivity contribution in [2.24, 2.45) is 0 Å². The average Bonchev–Trinajstić information content (AvgIpc) is 2.67. The summed E-state index contributed by atoms with van der Waals surface area (Å²) in [6, 6.07) is 3.15. The Kier molecular flexibility index (Phi) is 12.9. The highest BCUT2D eigenvalue weighted by Gasteiger charge is 2.17. The van der Waals surface area contributed by atoms with Crippen molar-refractivity contribution in [2.75, 3.05) is 13.2 Å². The predicted octanol–water partition coefficient (Wildman–Crippen LogP) is 5.55. The third-order valence-corrected chi connectivity index (χ3v) is 4.59. The molecular weight excluding hydrogens is 364 g/mol. The fourth-order valence-corrected chi connectivity index (χ4v) is 2.96. The smallest absolute Gasteiger partial charge is 0.325 e. The minimum Gasteiger partial charge on any atom is -0.464 e. The van der Waals surface area contributed by atoms with Crippen LogP contribution in [0.1, 0.15) is 87.9 Å². The van der Waals surface area contributed by atoms with Crippen molar-refractivity contribution in [3.8, 4) is 0 Å². The van der Waals surface area contributed by atoms with Crippen LogP contribution in [0.25, 0.3) is 0 Å². The van der Waals surface area contributed by atoms with Gasteiger partial charge in [0.2, 0.25) is 0 Å². The molecule has 1 N–H and O–H groups in total. The van der Waals surface area contributed by atoms with Crippen LogP contribution in [0.15, 0.2) is 18.2 Å². The summed E-state index contributed by atoms with van der Waals surface area (Å²) in [7, 11) is 0. The normalized spacial score (nSPS) is 10.7. The SMILES string of the molecule is CCCCCCCCCCCCCOC(=O)CNC(=O)c1c(F)cccc1F. The first-order valence-electron chi connectivity index (χ1n) is 10.4. The maximum Gasteiger partial charge on any atom is 0.325 e. The maximum atomic E-state index is 13.5. The number of esters is 1. The Balaban J connectivity index is 2.00. The van der Waals surface area contributed by atoms with Crippen molar-refractivity contribution in [1.82, 2.24) is 5.32 Å². The molecule has 0 saturated carbocycles. The number of benzene rings is 1. The lowest BCUT2D eigenvalue weighted by Crippen LogP contribution is -2.32. The topological polar surface area (TPSA) is 55.4 Å². The van der Waals surface area contributed by atoms with Crippen LogP contribution >= 0.6 is 0 Å². The number of carbonyl (C=O) groups excluding carboxylic acids is 2. The fourth-order valence-electron chi connectivity index (χ4n) is 2.96. The first kappa shape index (κ1) is 24.1. The van der Waals surface area contributed by atoms with E-state index in [0.29, 0.717) is 6.61 Å². The van der Waals surface area contributed by atoms with Crippen molar-refractivity contribution in [3.05, 3.63) is 35.4 Å². The molecule has 28 heavy (non-hydrogen) atoms. The molecule has 0 saturated heterocycles. The highest BCUT2D eigenvalue weighted by Crippen LogP contribution is 2.12. The summed E-state index contributed by atoms with van der Waals surface area (Å²) in [4.78, 5) is 23.4. The van der Waals surface area contributed by atoms with E-state index in [1.165, 1.54) is 57.4 Å². The molecule has 0 aliphatic rings. The molecule has 1 aromatic rings. The van der Waals surface area contributed by atoms with Gasteiger partial charge >= 0.3 is 5.97 Å². The second-order valence-corrected chi connectivity index (χ2v) is 7.04. The molecule has 0 fully saturated rings. The zero-order chi connectivity index (χ0) is 20.6. The quantitative estimate of drug-likeness (QED) is 0.312.